The van der Waals surface area contributed by atoms with E-state index in [0.717, 1.165) is 0 Å². The van der Waals surface area contributed by atoms with Gasteiger partial charge in [-0.3, -0.25) is 0 Å². The van der Waals surface area contributed by atoms with Gasteiger partial charge in [0.2, 0.25) is 0 Å². The van der Waals surface area contributed by atoms with Gasteiger partial charge in [0.15, 0.2) is 0 Å². The van der Waals surface area contributed by atoms with Gasteiger partial charge in [0.1, 0.15) is 0 Å². The molecule has 0 bridgehead atoms. The maximum atomic E-state index is 2.82. The van der Waals surface area contributed by atoms with Crippen molar-refractivity contribution in [2.75, 3.05) is 6.26 Å². The third-order valence-electron chi connectivity index (χ3n) is 0.0772. The quantitative estimate of drug-likeness (QED) is 0.378. The largest absolute Gasteiger partial charge is 0.205 e. The number of hydrogen-bond donors (Lipinski definition) is 1. The molecule has 0 spiro atoms. The zero-order valence-electron chi connectivity index (χ0n) is 2.29. The first-order valence-corrected chi connectivity index (χ1v) is 3.10. The molecule has 1 N–H and O–H groups in total. The molecular weight excluding hydrogens is 185 g/mol. The lowest BCUT2D eigenvalue weighted by Crippen LogP contribution is -1.69. The molecule has 1 nitrogen and oxygen atoms in total. The summed E-state index contributed by atoms with van der Waals surface area (Å²) < 4.78 is 2.82. The van der Waals surface area contributed by atoms with Crippen LogP contribution in [-0.4, -0.2) is 6.26 Å². The number of nitrogens with one attached hydrogen (secondary N) is 1. The molecule has 0 heterocycles. The molecule has 0 aromatic heterocycles. The molecule has 0 rings (SSSR count). The van der Waals surface area contributed by atoms with Gasteiger partial charge in [-0.05, 0) is 6.26 Å². The molecule has 4 heavy (non-hydrogen) atoms. The molecular formula is CH4INS. The van der Waals surface area contributed by atoms with Gasteiger partial charge in [0.05, 0.1) is 0 Å². The summed E-state index contributed by atoms with van der Waals surface area (Å²) in [6.45, 7) is 0. The first-order valence-electron chi connectivity index (χ1n) is 0.801. The van der Waals surface area contributed by atoms with Crippen molar-refractivity contribution in [3.05, 3.63) is 0 Å². The summed E-state index contributed by atoms with van der Waals surface area (Å²) in [4.78, 5) is 0. The van der Waals surface area contributed by atoms with Gasteiger partial charge in [-0.15, -0.1) is 0 Å². The van der Waals surface area contributed by atoms with E-state index in [1.165, 1.54) is 0 Å². The molecule has 26 valence electrons. The van der Waals surface area contributed by atoms with E-state index < -0.39 is 0 Å². The van der Waals surface area contributed by atoms with Crippen LogP contribution in [0.25, 0.3) is 0 Å². The minimum atomic E-state index is 1.59. The van der Waals surface area contributed by atoms with Gasteiger partial charge in [0, 0.05) is 22.9 Å². The van der Waals surface area contributed by atoms with Crippen LogP contribution >= 0.6 is 34.8 Å². The van der Waals surface area contributed by atoms with Crippen LogP contribution in [-0.2, 0) is 0 Å². The molecule has 0 aromatic rings. The van der Waals surface area contributed by atoms with Crippen LogP contribution in [0.15, 0.2) is 0 Å². The van der Waals surface area contributed by atoms with Crippen LogP contribution in [0.3, 0.4) is 0 Å². The summed E-state index contributed by atoms with van der Waals surface area (Å²) >= 11 is 3.66. The number of hydrogen-bond acceptors (Lipinski definition) is 2. The lowest BCUT2D eigenvalue weighted by atomic mass is 12.0. The van der Waals surface area contributed by atoms with E-state index in [-0.39, 0.29) is 0 Å². The molecule has 0 aliphatic heterocycles. The summed E-state index contributed by atoms with van der Waals surface area (Å²) in [5, 5.41) is 0. The summed E-state index contributed by atoms with van der Waals surface area (Å²) in [5.74, 6) is 0. The Labute approximate surface area is 44.2 Å². The van der Waals surface area contributed by atoms with Crippen molar-refractivity contribution in [2.45, 2.75) is 0 Å². The zero-order valence-corrected chi connectivity index (χ0v) is 5.26. The van der Waals surface area contributed by atoms with Gasteiger partial charge in [0.25, 0.3) is 0 Å². The Morgan fingerprint density at radius 1 is 2.00 bits per heavy atom. The van der Waals surface area contributed by atoms with Crippen LogP contribution in [0.2, 0.25) is 0 Å². The van der Waals surface area contributed by atoms with Gasteiger partial charge < -0.3 is 0 Å². The van der Waals surface area contributed by atoms with Crippen molar-refractivity contribution in [2.24, 2.45) is 0 Å². The normalized spacial score (nSPS) is 7.50. The lowest BCUT2D eigenvalue weighted by Gasteiger charge is -1.72. The Hall–Kier alpha value is 1.04. The molecule has 0 aromatic carbocycles. The maximum absolute atomic E-state index is 2.82. The van der Waals surface area contributed by atoms with E-state index in [1.807, 2.05) is 6.26 Å². The zero-order chi connectivity index (χ0) is 3.41. The monoisotopic (exact) mass is 189 g/mol. The smallest absolute Gasteiger partial charge is 0.0286 e. The highest BCUT2D eigenvalue weighted by Gasteiger charge is 1.52. The highest BCUT2D eigenvalue weighted by molar-refractivity contribution is 14.1. The van der Waals surface area contributed by atoms with Gasteiger partial charge in [-0.1, -0.05) is 11.9 Å². The third-order valence-corrected chi connectivity index (χ3v) is 1.55. The van der Waals surface area contributed by atoms with Gasteiger partial charge in [-0.25, -0.2) is 2.94 Å². The van der Waals surface area contributed by atoms with Crippen molar-refractivity contribution in [3.8, 4) is 0 Å². The van der Waals surface area contributed by atoms with Crippen molar-refractivity contribution in [1.29, 1.82) is 0 Å². The van der Waals surface area contributed by atoms with E-state index in [1.54, 1.807) is 11.9 Å². The van der Waals surface area contributed by atoms with Crippen molar-refractivity contribution >= 4 is 34.8 Å². The lowest BCUT2D eigenvalue weighted by molar-refractivity contribution is 1.87. The van der Waals surface area contributed by atoms with E-state index in [0.29, 0.717) is 0 Å². The molecule has 3 heteroatoms. The summed E-state index contributed by atoms with van der Waals surface area (Å²) in [6.07, 6.45) is 1.98. The Bertz CT molecular complexity index is 10.0. The van der Waals surface area contributed by atoms with Crippen LogP contribution in [0.1, 0.15) is 0 Å². The molecule has 0 amide bonds. The molecule has 0 radical (unpaired) electrons. The fraction of sp³-hybridized carbons (Fsp3) is 1.00. The van der Waals surface area contributed by atoms with E-state index >= 15 is 0 Å². The highest BCUT2D eigenvalue weighted by atomic mass is 127. The van der Waals surface area contributed by atoms with E-state index in [9.17, 15) is 0 Å². The van der Waals surface area contributed by atoms with Gasteiger partial charge >= 0.3 is 0 Å². The predicted molar refractivity (Wildman–Crippen MR) is 30.7 cm³/mol. The Morgan fingerprint density at radius 3 is 2.25 bits per heavy atom. The highest BCUT2D eigenvalue weighted by Crippen LogP contribution is 1.82. The molecule has 0 aliphatic rings. The molecule has 0 fully saturated rings. The molecule has 0 atom stereocenters. The fourth-order valence-electron chi connectivity index (χ4n) is 0. The average molecular weight is 189 g/mol. The van der Waals surface area contributed by atoms with E-state index in [4.69, 9.17) is 0 Å². The molecule has 0 aliphatic carbocycles. The first kappa shape index (κ1) is 5.04. The van der Waals surface area contributed by atoms with Crippen molar-refractivity contribution in [3.63, 3.8) is 0 Å². The second-order valence-electron chi connectivity index (χ2n) is 0.281. The fourth-order valence-corrected chi connectivity index (χ4v) is 0. The van der Waals surface area contributed by atoms with Crippen LogP contribution in [0.4, 0.5) is 0 Å². The second kappa shape index (κ2) is 4.04. The number of rotatable bonds is 1. The van der Waals surface area contributed by atoms with Crippen molar-refractivity contribution < 1.29 is 0 Å². The molecule has 0 saturated carbocycles. The van der Waals surface area contributed by atoms with Crippen LogP contribution in [0.5, 0.6) is 0 Å². The van der Waals surface area contributed by atoms with Crippen LogP contribution in [0, 0.1) is 0 Å². The summed E-state index contributed by atoms with van der Waals surface area (Å²) in [7, 11) is 0. The maximum Gasteiger partial charge on any atom is 0.0286 e. The number of halogens is 1. The molecule has 0 saturated heterocycles. The average Bonchev–Trinajstić information content (AvgIpc) is 1.37. The van der Waals surface area contributed by atoms with Gasteiger partial charge in [-0.2, -0.15) is 0 Å². The third kappa shape index (κ3) is 3.04. The summed E-state index contributed by atoms with van der Waals surface area (Å²) in [6, 6.07) is 0. The SMILES string of the molecule is CSNI. The Morgan fingerprint density at radius 2 is 2.25 bits per heavy atom. The summed E-state index contributed by atoms with van der Waals surface area (Å²) in [5.41, 5.74) is 0. The van der Waals surface area contributed by atoms with Crippen LogP contribution < -0.4 is 2.94 Å². The first-order chi connectivity index (χ1) is 1.91. The minimum absolute atomic E-state index is 1.59. The Kier molecular flexibility index (Phi) is 5.09. The molecule has 0 unspecified atom stereocenters. The van der Waals surface area contributed by atoms with E-state index in [2.05, 4.69) is 25.8 Å². The minimum Gasteiger partial charge on any atom is -0.205 e. The topological polar surface area (TPSA) is 12.0 Å². The standard InChI is InChI=1S/CH4INS/c1-4-3-2/h3H,1H3. The second-order valence-corrected chi connectivity index (χ2v) is 2.17. The Balaban J connectivity index is 1.97. The predicted octanol–water partition coefficient (Wildman–Crippen LogP) is 1.20. The van der Waals surface area contributed by atoms with Crippen molar-refractivity contribution in [1.82, 2.24) is 2.94 Å².